The van der Waals surface area contributed by atoms with Crippen LogP contribution in [-0.2, 0) is 0 Å². The first-order valence-corrected chi connectivity index (χ1v) is 14.3. The van der Waals surface area contributed by atoms with Crippen LogP contribution in [0.5, 0.6) is 0 Å². The zero-order valence-corrected chi connectivity index (χ0v) is 23.0. The standard InChI is InChI=1S/C38H23N5/c1-3-11-24(12-4-1)30-21-33-35(29-18-10-9-17-28(29)30)34-27-16-8-7-13-25(27)19-20-32(34)43(33)38-36(26-14-5-2-6-15-26)41-31-22-39-23-40-37(31)42-38/h1-23H. The SMILES string of the molecule is c1ccc(-c2nc3cncnc3nc2-n2c3ccc4ccccc4c3c3c4ccccc4c(-c4ccccc4)cc32)cc1. The first-order valence-electron chi connectivity index (χ1n) is 14.3. The summed E-state index contributed by atoms with van der Waals surface area (Å²) in [4.78, 5) is 19.1. The van der Waals surface area contributed by atoms with Crippen LogP contribution in [0.25, 0.3) is 82.7 Å². The van der Waals surface area contributed by atoms with Crippen molar-refractivity contribution in [1.82, 2.24) is 24.5 Å². The average molecular weight is 550 g/mol. The van der Waals surface area contributed by atoms with Crippen molar-refractivity contribution in [2.24, 2.45) is 0 Å². The molecule has 6 aromatic carbocycles. The highest BCUT2D eigenvalue weighted by Gasteiger charge is 2.23. The lowest BCUT2D eigenvalue weighted by atomic mass is 9.94. The molecule has 3 heterocycles. The first kappa shape index (κ1) is 23.7. The number of benzene rings is 6. The minimum absolute atomic E-state index is 0.560. The van der Waals surface area contributed by atoms with Crippen molar-refractivity contribution in [3.05, 3.63) is 140 Å². The Balaban J connectivity index is 1.54. The van der Waals surface area contributed by atoms with Crippen LogP contribution in [0.4, 0.5) is 0 Å². The summed E-state index contributed by atoms with van der Waals surface area (Å²) >= 11 is 0. The first-order chi connectivity index (χ1) is 21.3. The molecule has 0 aliphatic rings. The van der Waals surface area contributed by atoms with Crippen LogP contribution in [0.15, 0.2) is 140 Å². The van der Waals surface area contributed by atoms with Gasteiger partial charge in [-0.3, -0.25) is 4.57 Å². The summed E-state index contributed by atoms with van der Waals surface area (Å²) in [6.45, 7) is 0. The zero-order valence-electron chi connectivity index (χ0n) is 23.0. The van der Waals surface area contributed by atoms with Gasteiger partial charge in [0.25, 0.3) is 0 Å². The van der Waals surface area contributed by atoms with Crippen LogP contribution in [0.2, 0.25) is 0 Å². The van der Waals surface area contributed by atoms with Gasteiger partial charge in [-0.2, -0.15) is 0 Å². The van der Waals surface area contributed by atoms with E-state index in [9.17, 15) is 0 Å². The molecular formula is C38H23N5. The lowest BCUT2D eigenvalue weighted by Crippen LogP contribution is -2.04. The Kier molecular flexibility index (Phi) is 5.13. The van der Waals surface area contributed by atoms with Crippen LogP contribution in [-0.4, -0.2) is 24.5 Å². The van der Waals surface area contributed by atoms with Crippen molar-refractivity contribution >= 4 is 54.5 Å². The summed E-state index contributed by atoms with van der Waals surface area (Å²) in [6, 6.07) is 45.0. The third kappa shape index (κ3) is 3.58. The van der Waals surface area contributed by atoms with Gasteiger partial charge in [0.15, 0.2) is 11.5 Å². The molecule has 9 rings (SSSR count). The monoisotopic (exact) mass is 549 g/mol. The third-order valence-electron chi connectivity index (χ3n) is 8.33. The predicted octanol–water partition coefficient (Wildman–Crippen LogP) is 9.16. The highest BCUT2D eigenvalue weighted by Crippen LogP contribution is 2.44. The second-order valence-corrected chi connectivity index (χ2v) is 10.7. The Morgan fingerprint density at radius 3 is 2.02 bits per heavy atom. The van der Waals surface area contributed by atoms with E-state index in [1.807, 2.05) is 18.2 Å². The zero-order chi connectivity index (χ0) is 28.3. The predicted molar refractivity (Wildman–Crippen MR) is 175 cm³/mol. The fraction of sp³-hybridized carbons (Fsp3) is 0. The van der Waals surface area contributed by atoms with Gasteiger partial charge < -0.3 is 0 Å². The molecule has 0 unspecified atom stereocenters. The number of fused-ring (bicyclic) bond motifs is 8. The van der Waals surface area contributed by atoms with E-state index in [0.29, 0.717) is 11.2 Å². The van der Waals surface area contributed by atoms with Crippen LogP contribution in [0.1, 0.15) is 0 Å². The van der Waals surface area contributed by atoms with E-state index in [0.717, 1.165) is 28.1 Å². The van der Waals surface area contributed by atoms with E-state index < -0.39 is 0 Å². The maximum absolute atomic E-state index is 5.21. The smallest absolute Gasteiger partial charge is 0.183 e. The highest BCUT2D eigenvalue weighted by atomic mass is 15.1. The highest BCUT2D eigenvalue weighted by molar-refractivity contribution is 6.30. The summed E-state index contributed by atoms with van der Waals surface area (Å²) in [5.74, 6) is 0.738. The Hall–Kier alpha value is -5.94. The van der Waals surface area contributed by atoms with E-state index in [-0.39, 0.29) is 0 Å². The molecule has 9 aromatic rings. The van der Waals surface area contributed by atoms with Crippen molar-refractivity contribution in [1.29, 1.82) is 0 Å². The molecule has 5 heteroatoms. The van der Waals surface area contributed by atoms with E-state index in [1.54, 1.807) is 6.20 Å². The van der Waals surface area contributed by atoms with Gasteiger partial charge in [0.2, 0.25) is 0 Å². The summed E-state index contributed by atoms with van der Waals surface area (Å²) in [7, 11) is 0. The van der Waals surface area contributed by atoms with Gasteiger partial charge in [-0.25, -0.2) is 19.9 Å². The molecule has 5 nitrogen and oxygen atoms in total. The summed E-state index contributed by atoms with van der Waals surface area (Å²) < 4.78 is 2.28. The van der Waals surface area contributed by atoms with Gasteiger partial charge in [-0.1, -0.05) is 115 Å². The van der Waals surface area contributed by atoms with E-state index in [1.165, 1.54) is 49.8 Å². The molecule has 0 saturated heterocycles. The molecule has 0 bridgehead atoms. The number of nitrogens with zero attached hydrogens (tertiary/aromatic N) is 5. The Bertz CT molecular complexity index is 2500. The summed E-state index contributed by atoms with van der Waals surface area (Å²) in [6.07, 6.45) is 3.26. The van der Waals surface area contributed by atoms with Crippen LogP contribution in [0, 0.1) is 0 Å². The van der Waals surface area contributed by atoms with Crippen LogP contribution >= 0.6 is 0 Å². The molecule has 0 amide bonds. The fourth-order valence-electron chi connectivity index (χ4n) is 6.47. The number of aromatic nitrogens is 5. The molecule has 0 fully saturated rings. The van der Waals surface area contributed by atoms with Crippen molar-refractivity contribution in [2.75, 3.05) is 0 Å². The molecule has 0 saturated carbocycles. The van der Waals surface area contributed by atoms with Crippen molar-refractivity contribution in [3.63, 3.8) is 0 Å². The maximum Gasteiger partial charge on any atom is 0.183 e. The van der Waals surface area contributed by atoms with Gasteiger partial charge in [0.05, 0.1) is 17.2 Å². The van der Waals surface area contributed by atoms with Crippen LogP contribution < -0.4 is 0 Å². The molecule has 0 aliphatic carbocycles. The molecular weight excluding hydrogens is 526 g/mol. The van der Waals surface area contributed by atoms with E-state index in [4.69, 9.17) is 9.97 Å². The normalized spacial score (nSPS) is 11.7. The van der Waals surface area contributed by atoms with E-state index in [2.05, 4.69) is 124 Å². The largest absolute Gasteiger partial charge is 0.292 e. The molecule has 0 spiro atoms. The fourth-order valence-corrected chi connectivity index (χ4v) is 6.47. The summed E-state index contributed by atoms with van der Waals surface area (Å²) in [5, 5.41) is 7.23. The number of hydrogen-bond acceptors (Lipinski definition) is 4. The number of rotatable bonds is 3. The minimum Gasteiger partial charge on any atom is -0.292 e. The quantitative estimate of drug-likeness (QED) is 0.220. The Morgan fingerprint density at radius 2 is 1.21 bits per heavy atom. The summed E-state index contributed by atoms with van der Waals surface area (Å²) in [5.41, 5.74) is 7.47. The second kappa shape index (κ2) is 9.29. The van der Waals surface area contributed by atoms with Crippen molar-refractivity contribution < 1.29 is 0 Å². The molecule has 0 radical (unpaired) electrons. The lowest BCUT2D eigenvalue weighted by molar-refractivity contribution is 1.05. The van der Waals surface area contributed by atoms with Gasteiger partial charge in [-0.15, -0.1) is 0 Å². The molecule has 0 aliphatic heterocycles. The molecule has 43 heavy (non-hydrogen) atoms. The van der Waals surface area contributed by atoms with Gasteiger partial charge in [-0.05, 0) is 44.8 Å². The third-order valence-corrected chi connectivity index (χ3v) is 8.33. The van der Waals surface area contributed by atoms with E-state index >= 15 is 0 Å². The number of hydrogen-bond donors (Lipinski definition) is 0. The lowest BCUT2D eigenvalue weighted by Gasteiger charge is -2.14. The maximum atomic E-state index is 5.21. The molecule has 0 N–H and O–H groups in total. The molecule has 200 valence electrons. The Morgan fingerprint density at radius 1 is 0.535 bits per heavy atom. The Labute approximate surface area is 246 Å². The second-order valence-electron chi connectivity index (χ2n) is 10.7. The van der Waals surface area contributed by atoms with Crippen molar-refractivity contribution in [2.45, 2.75) is 0 Å². The van der Waals surface area contributed by atoms with Gasteiger partial charge in [0.1, 0.15) is 17.5 Å². The van der Waals surface area contributed by atoms with Gasteiger partial charge >= 0.3 is 0 Å². The van der Waals surface area contributed by atoms with Gasteiger partial charge in [0, 0.05) is 16.3 Å². The average Bonchev–Trinajstić information content (AvgIpc) is 3.43. The topological polar surface area (TPSA) is 56.5 Å². The van der Waals surface area contributed by atoms with Crippen molar-refractivity contribution in [3.8, 4) is 28.2 Å². The van der Waals surface area contributed by atoms with Crippen LogP contribution in [0.3, 0.4) is 0 Å². The molecule has 0 atom stereocenters. The molecule has 3 aromatic heterocycles. The minimum atomic E-state index is 0.560.